The van der Waals surface area contributed by atoms with Crippen molar-refractivity contribution in [2.75, 3.05) is 11.9 Å². The van der Waals surface area contributed by atoms with Gasteiger partial charge in [-0.3, -0.25) is 4.79 Å². The number of alkyl halides is 3. The topological polar surface area (TPSA) is 73.9 Å². The van der Waals surface area contributed by atoms with Crippen molar-refractivity contribution in [1.82, 2.24) is 0 Å². The molecule has 0 unspecified atom stereocenters. The van der Waals surface area contributed by atoms with E-state index in [2.05, 4.69) is 23.2 Å². The lowest BCUT2D eigenvalue weighted by Gasteiger charge is -2.17. The summed E-state index contributed by atoms with van der Waals surface area (Å²) in [5, 5.41) is 2.59. The number of nitrogens with one attached hydrogen (secondary N) is 1. The first kappa shape index (κ1) is 21.9. The van der Waals surface area contributed by atoms with Crippen molar-refractivity contribution in [2.45, 2.75) is 19.7 Å². The lowest BCUT2D eigenvalue weighted by atomic mass is 9.98. The summed E-state index contributed by atoms with van der Waals surface area (Å²) in [7, 11) is 0. The smallest absolute Gasteiger partial charge is 0.492 e. The fourth-order valence-corrected chi connectivity index (χ4v) is 2.97. The van der Waals surface area contributed by atoms with Crippen LogP contribution in [0, 0.1) is 0 Å². The zero-order valence-corrected chi connectivity index (χ0v) is 16.5. The Morgan fingerprint density at radius 3 is 2.48 bits per heavy atom. The zero-order valence-electron chi connectivity index (χ0n) is 16.5. The number of ether oxygens (including phenoxy) is 3. The molecule has 2 aromatic carbocycles. The maximum Gasteiger partial charge on any atom is 0.573 e. The minimum atomic E-state index is -4.80. The fraction of sp³-hybridized carbons (Fsp3) is 0.182. The molecule has 162 valence electrons. The number of benzene rings is 2. The van der Waals surface area contributed by atoms with Gasteiger partial charge in [0.1, 0.15) is 11.5 Å². The van der Waals surface area contributed by atoms with Crippen LogP contribution in [-0.4, -0.2) is 24.8 Å². The largest absolute Gasteiger partial charge is 0.573 e. The SMILES string of the molecule is C=CC(=O)Nc1cc(-c2ccc(OC(F)(F)F)cc2)c2c(c1OC(=O)C(=C)C)CCO2. The van der Waals surface area contributed by atoms with E-state index >= 15 is 0 Å². The Morgan fingerprint density at radius 2 is 1.90 bits per heavy atom. The van der Waals surface area contributed by atoms with E-state index in [4.69, 9.17) is 9.47 Å². The van der Waals surface area contributed by atoms with Gasteiger partial charge in [0.05, 0.1) is 12.3 Å². The Morgan fingerprint density at radius 1 is 1.23 bits per heavy atom. The number of amides is 1. The van der Waals surface area contributed by atoms with Crippen molar-refractivity contribution in [1.29, 1.82) is 0 Å². The minimum absolute atomic E-state index is 0.122. The highest BCUT2D eigenvalue weighted by atomic mass is 19.4. The molecule has 1 heterocycles. The van der Waals surface area contributed by atoms with Gasteiger partial charge in [0, 0.05) is 23.1 Å². The summed E-state index contributed by atoms with van der Waals surface area (Å²) in [6, 6.07) is 6.71. The summed E-state index contributed by atoms with van der Waals surface area (Å²) in [6.45, 7) is 8.74. The number of hydrogen-bond acceptors (Lipinski definition) is 5. The van der Waals surface area contributed by atoms with Gasteiger partial charge in [0.15, 0.2) is 5.75 Å². The molecule has 0 fully saturated rings. The monoisotopic (exact) mass is 433 g/mol. The van der Waals surface area contributed by atoms with Gasteiger partial charge in [0.2, 0.25) is 5.91 Å². The van der Waals surface area contributed by atoms with Crippen LogP contribution in [0.5, 0.6) is 17.2 Å². The Labute approximate surface area is 175 Å². The molecule has 0 saturated heterocycles. The van der Waals surface area contributed by atoms with Gasteiger partial charge in [-0.2, -0.15) is 0 Å². The Balaban J connectivity index is 2.09. The quantitative estimate of drug-likeness (QED) is 0.403. The number of hydrogen-bond donors (Lipinski definition) is 1. The van der Waals surface area contributed by atoms with Crippen LogP contribution in [0.1, 0.15) is 12.5 Å². The van der Waals surface area contributed by atoms with Crippen molar-refractivity contribution in [3.63, 3.8) is 0 Å². The number of carbonyl (C=O) groups is 2. The Hall–Kier alpha value is -3.75. The van der Waals surface area contributed by atoms with E-state index in [0.29, 0.717) is 35.5 Å². The summed E-state index contributed by atoms with van der Waals surface area (Å²) in [4.78, 5) is 24.1. The fourth-order valence-electron chi connectivity index (χ4n) is 2.97. The van der Waals surface area contributed by atoms with Crippen molar-refractivity contribution in [3.8, 4) is 28.4 Å². The normalized spacial score (nSPS) is 12.4. The second kappa shape index (κ2) is 8.55. The van der Waals surface area contributed by atoms with E-state index in [1.165, 1.54) is 37.3 Å². The summed E-state index contributed by atoms with van der Waals surface area (Å²) >= 11 is 0. The molecule has 1 N–H and O–H groups in total. The van der Waals surface area contributed by atoms with Crippen LogP contribution in [0.15, 0.2) is 55.1 Å². The van der Waals surface area contributed by atoms with Crippen LogP contribution in [0.2, 0.25) is 0 Å². The summed E-state index contributed by atoms with van der Waals surface area (Å²) in [5.74, 6) is -1.06. The number of fused-ring (bicyclic) bond motifs is 1. The summed E-state index contributed by atoms with van der Waals surface area (Å²) in [5.41, 5.74) is 1.91. The lowest BCUT2D eigenvalue weighted by Crippen LogP contribution is -2.16. The highest BCUT2D eigenvalue weighted by Crippen LogP contribution is 2.47. The Kier molecular flexibility index (Phi) is 6.05. The van der Waals surface area contributed by atoms with Crippen LogP contribution in [0.25, 0.3) is 11.1 Å². The molecule has 0 atom stereocenters. The third-order valence-corrected chi connectivity index (χ3v) is 4.31. The highest BCUT2D eigenvalue weighted by Gasteiger charge is 2.31. The lowest BCUT2D eigenvalue weighted by molar-refractivity contribution is -0.274. The van der Waals surface area contributed by atoms with Gasteiger partial charge in [-0.05, 0) is 36.8 Å². The number of halogens is 3. The number of anilines is 1. The number of carbonyl (C=O) groups excluding carboxylic acids is 2. The molecule has 0 saturated carbocycles. The molecule has 0 bridgehead atoms. The van der Waals surface area contributed by atoms with Crippen molar-refractivity contribution in [3.05, 3.63) is 60.7 Å². The predicted molar refractivity (Wildman–Crippen MR) is 107 cm³/mol. The summed E-state index contributed by atoms with van der Waals surface area (Å²) < 4.78 is 52.3. The van der Waals surface area contributed by atoms with Crippen LogP contribution < -0.4 is 19.5 Å². The van der Waals surface area contributed by atoms with Gasteiger partial charge in [-0.25, -0.2) is 4.79 Å². The molecule has 6 nitrogen and oxygen atoms in total. The molecular weight excluding hydrogens is 415 g/mol. The molecule has 9 heteroatoms. The predicted octanol–water partition coefficient (Wildman–Crippen LogP) is 4.79. The van der Waals surface area contributed by atoms with E-state index in [1.807, 2.05) is 0 Å². The molecule has 1 aliphatic heterocycles. The van der Waals surface area contributed by atoms with Gasteiger partial charge in [-0.15, -0.1) is 13.2 Å². The first-order valence-corrected chi connectivity index (χ1v) is 9.09. The zero-order chi connectivity index (χ0) is 22.8. The van der Waals surface area contributed by atoms with E-state index < -0.39 is 18.2 Å². The van der Waals surface area contributed by atoms with Crippen LogP contribution in [-0.2, 0) is 16.0 Å². The average Bonchev–Trinajstić information content (AvgIpc) is 3.18. The van der Waals surface area contributed by atoms with Crippen LogP contribution in [0.3, 0.4) is 0 Å². The second-order valence-corrected chi connectivity index (χ2v) is 6.64. The number of esters is 1. The second-order valence-electron chi connectivity index (χ2n) is 6.64. The maximum absolute atomic E-state index is 12.4. The van der Waals surface area contributed by atoms with E-state index in [1.54, 1.807) is 0 Å². The molecule has 0 aliphatic carbocycles. The Bertz CT molecular complexity index is 1060. The standard InChI is InChI=1S/C22H18F3NO5/c1-4-18(27)26-17-11-16(13-5-7-14(8-6-13)31-22(23,24)25)19-15(9-10-29-19)20(17)30-21(28)12(2)3/h4-8,11H,1-2,9-10H2,3H3,(H,26,27). The third-order valence-electron chi connectivity index (χ3n) is 4.31. The molecule has 0 radical (unpaired) electrons. The van der Waals surface area contributed by atoms with Crippen LogP contribution in [0.4, 0.5) is 18.9 Å². The molecule has 1 aliphatic rings. The third kappa shape index (κ3) is 5.06. The maximum atomic E-state index is 12.4. The molecule has 2 aromatic rings. The molecule has 1 amide bonds. The van der Waals surface area contributed by atoms with E-state index in [9.17, 15) is 22.8 Å². The first-order chi connectivity index (χ1) is 14.6. The van der Waals surface area contributed by atoms with Crippen molar-refractivity contribution >= 4 is 17.6 Å². The minimum Gasteiger partial charge on any atom is -0.492 e. The first-order valence-electron chi connectivity index (χ1n) is 9.09. The van der Waals surface area contributed by atoms with Crippen molar-refractivity contribution < 1.29 is 37.0 Å². The van der Waals surface area contributed by atoms with Gasteiger partial charge in [-0.1, -0.05) is 25.3 Å². The molecular formula is C22H18F3NO5. The molecule has 0 aromatic heterocycles. The van der Waals surface area contributed by atoms with Crippen molar-refractivity contribution in [2.24, 2.45) is 0 Å². The van der Waals surface area contributed by atoms with Gasteiger partial charge >= 0.3 is 12.3 Å². The van der Waals surface area contributed by atoms with E-state index in [0.717, 1.165) is 6.08 Å². The average molecular weight is 433 g/mol. The van der Waals surface area contributed by atoms with E-state index in [-0.39, 0.29) is 22.8 Å². The molecule has 3 rings (SSSR count). The highest BCUT2D eigenvalue weighted by molar-refractivity contribution is 6.02. The van der Waals surface area contributed by atoms with Crippen LogP contribution >= 0.6 is 0 Å². The number of rotatable bonds is 6. The van der Waals surface area contributed by atoms with Gasteiger partial charge < -0.3 is 19.5 Å². The molecule has 0 spiro atoms. The molecule has 31 heavy (non-hydrogen) atoms. The van der Waals surface area contributed by atoms with Gasteiger partial charge in [0.25, 0.3) is 0 Å². The summed E-state index contributed by atoms with van der Waals surface area (Å²) in [6.07, 6.45) is -3.35.